The zero-order valence-corrected chi connectivity index (χ0v) is 9.93. The summed E-state index contributed by atoms with van der Waals surface area (Å²) in [6.45, 7) is 0. The summed E-state index contributed by atoms with van der Waals surface area (Å²) < 4.78 is 0. The van der Waals surface area contributed by atoms with E-state index in [0.29, 0.717) is 5.78 Å². The van der Waals surface area contributed by atoms with E-state index in [1.54, 1.807) is 0 Å². The molecule has 0 amide bonds. The fourth-order valence-electron chi connectivity index (χ4n) is 2.77. The smallest absolute Gasteiger partial charge is 0.133 e. The van der Waals surface area contributed by atoms with Gasteiger partial charge in [0.05, 0.1) is 0 Å². The van der Waals surface area contributed by atoms with Crippen LogP contribution in [-0.2, 0) is 4.79 Å². The summed E-state index contributed by atoms with van der Waals surface area (Å²) in [5, 5.41) is 0. The Morgan fingerprint density at radius 2 is 1.64 bits per heavy atom. The van der Waals surface area contributed by atoms with E-state index in [-0.39, 0.29) is 0 Å². The first-order valence-electron chi connectivity index (χ1n) is 6.12. The lowest BCUT2D eigenvalue weighted by Gasteiger charge is -2.28. The van der Waals surface area contributed by atoms with Gasteiger partial charge in [-0.05, 0) is 37.0 Å². The maximum Gasteiger partial charge on any atom is 0.133 e. The van der Waals surface area contributed by atoms with Gasteiger partial charge in [0, 0.05) is 12.8 Å². The lowest BCUT2D eigenvalue weighted by atomic mass is 9.99. The van der Waals surface area contributed by atoms with Gasteiger partial charge in [0.15, 0.2) is 0 Å². The molecule has 2 rings (SSSR count). The van der Waals surface area contributed by atoms with E-state index < -0.39 is 0 Å². The first-order chi connectivity index (χ1) is 6.84. The second-order valence-electron chi connectivity index (χ2n) is 4.83. The van der Waals surface area contributed by atoms with Crippen LogP contribution < -0.4 is 0 Å². The van der Waals surface area contributed by atoms with Gasteiger partial charge in [0.1, 0.15) is 5.78 Å². The molecule has 0 N–H and O–H groups in total. The zero-order chi connectivity index (χ0) is 9.80. The van der Waals surface area contributed by atoms with Crippen LogP contribution in [0.4, 0.5) is 0 Å². The number of Topliss-reactive ketones (excluding diaryl/α,β-unsaturated/α-hetero) is 1. The summed E-state index contributed by atoms with van der Waals surface area (Å²) in [5.74, 6) is 0.532. The molecule has 2 fully saturated rings. The molecule has 2 aliphatic carbocycles. The quantitative estimate of drug-likeness (QED) is 0.640. The molecule has 80 valence electrons. The van der Waals surface area contributed by atoms with Crippen LogP contribution in [0.1, 0.15) is 57.8 Å². The Kier molecular flexibility index (Phi) is 3.99. The third kappa shape index (κ3) is 3.05. The summed E-state index contributed by atoms with van der Waals surface area (Å²) in [4.78, 5) is 11.3. The van der Waals surface area contributed by atoms with Crippen molar-refractivity contribution in [2.24, 2.45) is 0 Å². The van der Waals surface area contributed by atoms with Gasteiger partial charge in [-0.15, -0.1) is 8.58 Å². The Balaban J connectivity index is 1.75. The molecule has 0 aliphatic heterocycles. The average molecular weight is 212 g/mol. The monoisotopic (exact) mass is 212 g/mol. The van der Waals surface area contributed by atoms with Gasteiger partial charge in [-0.3, -0.25) is 4.79 Å². The molecular weight excluding hydrogens is 191 g/mol. The Labute approximate surface area is 88.8 Å². The maximum atomic E-state index is 11.3. The molecule has 14 heavy (non-hydrogen) atoms. The molecule has 0 heterocycles. The molecule has 2 atom stereocenters. The lowest BCUT2D eigenvalue weighted by Crippen LogP contribution is -2.19. The Hall–Kier alpha value is 0.100. The molecule has 2 aliphatic rings. The van der Waals surface area contributed by atoms with Crippen molar-refractivity contribution in [3.63, 3.8) is 0 Å². The van der Waals surface area contributed by atoms with Gasteiger partial charge < -0.3 is 0 Å². The van der Waals surface area contributed by atoms with Gasteiger partial charge in [-0.25, -0.2) is 0 Å². The van der Waals surface area contributed by atoms with E-state index in [0.717, 1.165) is 32.7 Å². The minimum absolute atomic E-state index is 0.532. The predicted octanol–water partition coefficient (Wildman–Crippen LogP) is 3.51. The minimum atomic E-state index is 0.532. The highest BCUT2D eigenvalue weighted by Crippen LogP contribution is 2.40. The number of carbonyl (C=O) groups excluding carboxylic acids is 1. The average Bonchev–Trinajstić information content (AvgIpc) is 2.19. The van der Waals surface area contributed by atoms with Crippen LogP contribution in [0.5, 0.6) is 0 Å². The summed E-state index contributed by atoms with van der Waals surface area (Å²) in [6.07, 6.45) is 11.5. The number of hydrogen-bond acceptors (Lipinski definition) is 1. The second kappa shape index (κ2) is 5.26. The highest BCUT2D eigenvalue weighted by molar-refractivity contribution is 7.39. The summed E-state index contributed by atoms with van der Waals surface area (Å²) in [6, 6.07) is 0. The van der Waals surface area contributed by atoms with E-state index >= 15 is 0 Å². The normalized spacial score (nSPS) is 31.4. The molecule has 0 radical (unpaired) electrons. The van der Waals surface area contributed by atoms with Crippen LogP contribution in [0.2, 0.25) is 0 Å². The van der Waals surface area contributed by atoms with Gasteiger partial charge in [-0.1, -0.05) is 19.3 Å². The van der Waals surface area contributed by atoms with Crippen molar-refractivity contribution in [2.75, 3.05) is 0 Å². The van der Waals surface area contributed by atoms with Crippen molar-refractivity contribution in [1.29, 1.82) is 0 Å². The molecular formula is C12H21OP. The van der Waals surface area contributed by atoms with Crippen LogP contribution >= 0.6 is 8.58 Å². The van der Waals surface area contributed by atoms with Gasteiger partial charge in [-0.2, -0.15) is 0 Å². The van der Waals surface area contributed by atoms with Gasteiger partial charge >= 0.3 is 0 Å². The molecule has 0 saturated heterocycles. The zero-order valence-electron chi connectivity index (χ0n) is 8.93. The van der Waals surface area contributed by atoms with Crippen LogP contribution in [0, 0.1) is 0 Å². The summed E-state index contributed by atoms with van der Waals surface area (Å²) in [5.41, 5.74) is 1.76. The predicted molar refractivity (Wildman–Crippen MR) is 62.5 cm³/mol. The van der Waals surface area contributed by atoms with Crippen LogP contribution in [-0.4, -0.2) is 17.1 Å². The molecule has 1 nitrogen and oxygen atoms in total. The molecule has 0 aromatic carbocycles. The van der Waals surface area contributed by atoms with Crippen molar-refractivity contribution in [3.8, 4) is 0 Å². The Bertz CT molecular complexity index is 196. The fourth-order valence-corrected chi connectivity index (χ4v) is 4.89. The molecule has 2 saturated carbocycles. The van der Waals surface area contributed by atoms with Gasteiger partial charge in [0.25, 0.3) is 0 Å². The van der Waals surface area contributed by atoms with Crippen molar-refractivity contribution < 1.29 is 4.79 Å². The molecule has 2 unspecified atom stereocenters. The summed E-state index contributed by atoms with van der Waals surface area (Å²) >= 11 is 0. The molecule has 0 aromatic rings. The fraction of sp³-hybridized carbons (Fsp3) is 0.917. The van der Waals surface area contributed by atoms with Crippen LogP contribution in [0.25, 0.3) is 0 Å². The van der Waals surface area contributed by atoms with Crippen LogP contribution in [0.3, 0.4) is 0 Å². The maximum absolute atomic E-state index is 11.3. The van der Waals surface area contributed by atoms with Crippen molar-refractivity contribution >= 4 is 14.4 Å². The number of rotatable bonds is 2. The van der Waals surface area contributed by atoms with E-state index in [1.807, 2.05) is 0 Å². The largest absolute Gasteiger partial charge is 0.300 e. The third-order valence-corrected chi connectivity index (χ3v) is 5.57. The third-order valence-electron chi connectivity index (χ3n) is 3.56. The van der Waals surface area contributed by atoms with E-state index in [1.165, 1.54) is 44.9 Å². The molecule has 0 spiro atoms. The minimum Gasteiger partial charge on any atom is -0.300 e. The summed E-state index contributed by atoms with van der Waals surface area (Å²) in [7, 11) is 1.10. The highest BCUT2D eigenvalue weighted by atomic mass is 31.1. The van der Waals surface area contributed by atoms with Crippen molar-refractivity contribution in [3.05, 3.63) is 0 Å². The first-order valence-corrected chi connectivity index (χ1v) is 7.28. The second-order valence-corrected chi connectivity index (χ2v) is 6.80. The van der Waals surface area contributed by atoms with Crippen molar-refractivity contribution in [2.45, 2.75) is 69.1 Å². The highest BCUT2D eigenvalue weighted by Gasteiger charge is 2.23. The number of ketones is 1. The molecule has 0 bridgehead atoms. The SMILES string of the molecule is O=C1CCCC(PC2CCCCC2)C1. The van der Waals surface area contributed by atoms with E-state index in [2.05, 4.69) is 0 Å². The van der Waals surface area contributed by atoms with Gasteiger partial charge in [0.2, 0.25) is 0 Å². The van der Waals surface area contributed by atoms with Crippen LogP contribution in [0.15, 0.2) is 0 Å². The Morgan fingerprint density at radius 1 is 0.929 bits per heavy atom. The molecule has 0 aromatic heterocycles. The van der Waals surface area contributed by atoms with Crippen molar-refractivity contribution in [1.82, 2.24) is 0 Å². The number of carbonyl (C=O) groups is 1. The Morgan fingerprint density at radius 3 is 2.36 bits per heavy atom. The molecule has 2 heteroatoms. The van der Waals surface area contributed by atoms with E-state index in [9.17, 15) is 4.79 Å². The lowest BCUT2D eigenvalue weighted by molar-refractivity contribution is -0.120. The first kappa shape index (κ1) is 10.6. The number of hydrogen-bond donors (Lipinski definition) is 0. The standard InChI is InChI=1S/C12H21OP/c13-10-5-4-8-12(9-10)14-11-6-2-1-3-7-11/h11-12,14H,1-9H2. The topological polar surface area (TPSA) is 17.1 Å². The van der Waals surface area contributed by atoms with E-state index in [4.69, 9.17) is 0 Å².